The summed E-state index contributed by atoms with van der Waals surface area (Å²) < 4.78 is 0. The summed E-state index contributed by atoms with van der Waals surface area (Å²) in [6.45, 7) is 0. The van der Waals surface area contributed by atoms with Gasteiger partial charge in [-0.05, 0) is 17.2 Å². The number of carbonyl (C=O) groups is 1. The average molecular weight is 340 g/mol. The van der Waals surface area contributed by atoms with E-state index in [0.717, 1.165) is 16.7 Å². The van der Waals surface area contributed by atoms with E-state index in [0.29, 0.717) is 16.6 Å². The second-order valence-electron chi connectivity index (χ2n) is 6.01. The summed E-state index contributed by atoms with van der Waals surface area (Å²) in [5.41, 5.74) is 10.5. The standard InChI is InChI=1S/C22H16N2O2/c23-20-19(22(25)26)17-8-4-5-9-18(17)24-21(20)16-12-10-15(11-13-16)14-6-2-1-3-7-14/h1-13H,23H2,(H,25,26). The lowest BCUT2D eigenvalue weighted by Crippen LogP contribution is -2.07. The Morgan fingerprint density at radius 3 is 2.04 bits per heavy atom. The predicted molar refractivity (Wildman–Crippen MR) is 104 cm³/mol. The molecule has 1 heterocycles. The number of carboxylic acids is 1. The number of anilines is 1. The van der Waals surface area contributed by atoms with Crippen molar-refractivity contribution in [1.82, 2.24) is 4.98 Å². The number of para-hydroxylation sites is 1. The van der Waals surface area contributed by atoms with E-state index in [9.17, 15) is 9.90 Å². The second kappa shape index (κ2) is 6.33. The lowest BCUT2D eigenvalue weighted by Gasteiger charge is -2.12. The second-order valence-corrected chi connectivity index (χ2v) is 6.01. The maximum Gasteiger partial charge on any atom is 0.338 e. The molecule has 0 radical (unpaired) electrons. The van der Waals surface area contributed by atoms with Crippen molar-refractivity contribution in [2.24, 2.45) is 0 Å². The van der Waals surface area contributed by atoms with Crippen molar-refractivity contribution in [2.75, 3.05) is 5.73 Å². The van der Waals surface area contributed by atoms with Gasteiger partial charge in [-0.1, -0.05) is 72.8 Å². The van der Waals surface area contributed by atoms with Crippen molar-refractivity contribution in [1.29, 1.82) is 0 Å². The van der Waals surface area contributed by atoms with Gasteiger partial charge < -0.3 is 10.8 Å². The maximum absolute atomic E-state index is 11.8. The molecule has 1 aromatic heterocycles. The van der Waals surface area contributed by atoms with Crippen LogP contribution >= 0.6 is 0 Å². The molecular formula is C22H16N2O2. The Labute approximate surface area is 150 Å². The molecule has 4 rings (SSSR count). The van der Waals surface area contributed by atoms with Crippen LogP contribution in [0.25, 0.3) is 33.3 Å². The number of aromatic carboxylic acids is 1. The molecule has 0 aliphatic carbocycles. The van der Waals surface area contributed by atoms with E-state index < -0.39 is 5.97 Å². The number of pyridine rings is 1. The molecule has 4 nitrogen and oxygen atoms in total. The molecule has 0 amide bonds. The fraction of sp³-hybridized carbons (Fsp3) is 0. The minimum absolute atomic E-state index is 0.0951. The number of hydrogen-bond acceptors (Lipinski definition) is 3. The van der Waals surface area contributed by atoms with Crippen molar-refractivity contribution in [3.63, 3.8) is 0 Å². The molecule has 0 bridgehead atoms. The highest BCUT2D eigenvalue weighted by Crippen LogP contribution is 2.33. The minimum Gasteiger partial charge on any atom is -0.478 e. The predicted octanol–water partition coefficient (Wildman–Crippen LogP) is 4.85. The molecular weight excluding hydrogens is 324 g/mol. The number of nitrogens with zero attached hydrogens (tertiary/aromatic N) is 1. The third kappa shape index (κ3) is 2.67. The monoisotopic (exact) mass is 340 g/mol. The summed E-state index contributed by atoms with van der Waals surface area (Å²) >= 11 is 0. The molecule has 0 aliphatic rings. The number of benzene rings is 3. The van der Waals surface area contributed by atoms with E-state index in [2.05, 4.69) is 4.98 Å². The SMILES string of the molecule is Nc1c(-c2ccc(-c3ccccc3)cc2)nc2ccccc2c1C(=O)O. The van der Waals surface area contributed by atoms with Crippen LogP contribution in [-0.2, 0) is 0 Å². The number of nitrogen functional groups attached to an aromatic ring is 1. The van der Waals surface area contributed by atoms with Crippen molar-refractivity contribution in [2.45, 2.75) is 0 Å². The van der Waals surface area contributed by atoms with Crippen LogP contribution in [-0.4, -0.2) is 16.1 Å². The van der Waals surface area contributed by atoms with Crippen LogP contribution in [0.1, 0.15) is 10.4 Å². The zero-order chi connectivity index (χ0) is 18.1. The zero-order valence-corrected chi connectivity index (χ0v) is 13.9. The van der Waals surface area contributed by atoms with Gasteiger partial charge in [0.2, 0.25) is 0 Å². The van der Waals surface area contributed by atoms with E-state index in [1.807, 2.05) is 60.7 Å². The van der Waals surface area contributed by atoms with Crippen LogP contribution in [0.2, 0.25) is 0 Å². The number of fused-ring (bicyclic) bond motifs is 1. The van der Waals surface area contributed by atoms with Crippen LogP contribution in [0, 0.1) is 0 Å². The molecule has 4 aromatic rings. The molecule has 126 valence electrons. The Morgan fingerprint density at radius 2 is 1.35 bits per heavy atom. The number of carboxylic acid groups (broad SMARTS) is 1. The lowest BCUT2D eigenvalue weighted by molar-refractivity contribution is 0.0700. The summed E-state index contributed by atoms with van der Waals surface area (Å²) in [5.74, 6) is -1.05. The molecule has 3 aromatic carbocycles. The van der Waals surface area contributed by atoms with E-state index in [-0.39, 0.29) is 11.3 Å². The highest BCUT2D eigenvalue weighted by Gasteiger charge is 2.18. The molecule has 4 heteroatoms. The van der Waals surface area contributed by atoms with Crippen LogP contribution in [0.15, 0.2) is 78.9 Å². The number of nitrogens with two attached hydrogens (primary N) is 1. The third-order valence-electron chi connectivity index (χ3n) is 4.41. The molecule has 26 heavy (non-hydrogen) atoms. The first-order chi connectivity index (χ1) is 12.6. The van der Waals surface area contributed by atoms with Gasteiger partial charge in [0.15, 0.2) is 0 Å². The van der Waals surface area contributed by atoms with Gasteiger partial charge in [0.1, 0.15) is 0 Å². The Kier molecular flexibility index (Phi) is 3.86. The molecule has 0 saturated carbocycles. The molecule has 3 N–H and O–H groups in total. The van der Waals surface area contributed by atoms with Crippen molar-refractivity contribution < 1.29 is 9.90 Å². The van der Waals surface area contributed by atoms with E-state index >= 15 is 0 Å². The van der Waals surface area contributed by atoms with Gasteiger partial charge in [-0.15, -0.1) is 0 Å². The van der Waals surface area contributed by atoms with Gasteiger partial charge in [0.25, 0.3) is 0 Å². The average Bonchev–Trinajstić information content (AvgIpc) is 2.68. The molecule has 0 saturated heterocycles. The van der Waals surface area contributed by atoms with E-state index in [4.69, 9.17) is 5.73 Å². The van der Waals surface area contributed by atoms with Gasteiger partial charge in [0, 0.05) is 10.9 Å². The number of rotatable bonds is 3. The molecule has 0 spiro atoms. The fourth-order valence-corrected chi connectivity index (χ4v) is 3.13. The smallest absolute Gasteiger partial charge is 0.338 e. The summed E-state index contributed by atoms with van der Waals surface area (Å²) in [5, 5.41) is 10.2. The first-order valence-corrected chi connectivity index (χ1v) is 8.22. The number of hydrogen-bond donors (Lipinski definition) is 2. The topological polar surface area (TPSA) is 76.2 Å². The summed E-state index contributed by atoms with van der Waals surface area (Å²) in [7, 11) is 0. The first kappa shape index (κ1) is 15.8. The molecule has 0 aliphatic heterocycles. The minimum atomic E-state index is -1.05. The fourth-order valence-electron chi connectivity index (χ4n) is 3.13. The van der Waals surface area contributed by atoms with Crippen LogP contribution in [0.4, 0.5) is 5.69 Å². The molecule has 0 unspecified atom stereocenters. The summed E-state index contributed by atoms with van der Waals surface area (Å²) in [6, 6.07) is 25.0. The first-order valence-electron chi connectivity index (χ1n) is 8.22. The Balaban J connectivity index is 1.87. The van der Waals surface area contributed by atoms with E-state index in [1.54, 1.807) is 18.2 Å². The largest absolute Gasteiger partial charge is 0.478 e. The van der Waals surface area contributed by atoms with Crippen molar-refractivity contribution in [3.8, 4) is 22.4 Å². The summed E-state index contributed by atoms with van der Waals surface area (Å²) in [6.07, 6.45) is 0. The van der Waals surface area contributed by atoms with E-state index in [1.165, 1.54) is 0 Å². The maximum atomic E-state index is 11.8. The van der Waals surface area contributed by atoms with Crippen molar-refractivity contribution in [3.05, 3.63) is 84.4 Å². The van der Waals surface area contributed by atoms with Gasteiger partial charge in [-0.25, -0.2) is 9.78 Å². The number of aromatic nitrogens is 1. The Morgan fingerprint density at radius 1 is 0.769 bits per heavy atom. The third-order valence-corrected chi connectivity index (χ3v) is 4.41. The summed E-state index contributed by atoms with van der Waals surface area (Å²) in [4.78, 5) is 16.4. The highest BCUT2D eigenvalue weighted by molar-refractivity contribution is 6.09. The van der Waals surface area contributed by atoms with Crippen LogP contribution in [0.5, 0.6) is 0 Å². The Bertz CT molecular complexity index is 1100. The normalized spacial score (nSPS) is 10.8. The van der Waals surface area contributed by atoms with Crippen LogP contribution < -0.4 is 5.73 Å². The lowest BCUT2D eigenvalue weighted by atomic mass is 9.99. The molecule has 0 fully saturated rings. The van der Waals surface area contributed by atoms with Gasteiger partial charge in [0.05, 0.1) is 22.5 Å². The molecule has 0 atom stereocenters. The van der Waals surface area contributed by atoms with Gasteiger partial charge in [-0.3, -0.25) is 0 Å². The van der Waals surface area contributed by atoms with Crippen molar-refractivity contribution >= 4 is 22.6 Å². The quantitative estimate of drug-likeness (QED) is 0.559. The highest BCUT2D eigenvalue weighted by atomic mass is 16.4. The Hall–Kier alpha value is -3.66. The zero-order valence-electron chi connectivity index (χ0n) is 13.9. The van der Waals surface area contributed by atoms with Gasteiger partial charge >= 0.3 is 5.97 Å². The van der Waals surface area contributed by atoms with Crippen LogP contribution in [0.3, 0.4) is 0 Å². The van der Waals surface area contributed by atoms with Gasteiger partial charge in [-0.2, -0.15) is 0 Å².